The van der Waals surface area contributed by atoms with Crippen molar-refractivity contribution < 1.29 is 13.4 Å². The van der Waals surface area contributed by atoms with Gasteiger partial charge in [0.25, 0.3) is 0 Å². The number of aliphatic imine (C=N–C) groups is 1. The molecular formula is C17H31N3O3S. The van der Waals surface area contributed by atoms with Crippen LogP contribution in [0.15, 0.2) is 27.8 Å². The monoisotopic (exact) mass is 357 g/mol. The van der Waals surface area contributed by atoms with Gasteiger partial charge in [0.15, 0.2) is 5.96 Å². The van der Waals surface area contributed by atoms with Gasteiger partial charge in [-0.25, -0.2) is 0 Å². The Labute approximate surface area is 147 Å². The SMILES string of the molecule is CCNC(=NCCCOCc1ccco1)NCCS(=O)C(C)(C)C. The van der Waals surface area contributed by atoms with E-state index in [1.807, 2.05) is 39.8 Å². The van der Waals surface area contributed by atoms with E-state index in [2.05, 4.69) is 15.6 Å². The van der Waals surface area contributed by atoms with Crippen LogP contribution in [0.5, 0.6) is 0 Å². The first-order chi connectivity index (χ1) is 11.4. The van der Waals surface area contributed by atoms with Crippen molar-refractivity contribution in [2.24, 2.45) is 4.99 Å². The number of furan rings is 1. The second-order valence-electron chi connectivity index (χ2n) is 6.33. The van der Waals surface area contributed by atoms with Gasteiger partial charge in [0.2, 0.25) is 0 Å². The molecule has 0 fully saturated rings. The second-order valence-corrected chi connectivity index (χ2v) is 8.66. The van der Waals surface area contributed by atoms with Crippen molar-refractivity contribution in [1.82, 2.24) is 10.6 Å². The summed E-state index contributed by atoms with van der Waals surface area (Å²) in [7, 11) is -0.857. The van der Waals surface area contributed by atoms with Crippen LogP contribution < -0.4 is 10.6 Å². The van der Waals surface area contributed by atoms with E-state index in [0.29, 0.717) is 32.1 Å². The Bertz CT molecular complexity index is 496. The lowest BCUT2D eigenvalue weighted by atomic mass is 10.3. The molecule has 0 aliphatic carbocycles. The Morgan fingerprint density at radius 2 is 2.17 bits per heavy atom. The number of guanidine groups is 1. The molecule has 0 amide bonds. The topological polar surface area (TPSA) is 75.9 Å². The molecule has 0 bridgehead atoms. The van der Waals surface area contributed by atoms with Crippen molar-refractivity contribution >= 4 is 16.8 Å². The van der Waals surface area contributed by atoms with E-state index in [1.54, 1.807) is 6.26 Å². The van der Waals surface area contributed by atoms with Gasteiger partial charge < -0.3 is 19.8 Å². The number of ether oxygens (including phenoxy) is 1. The van der Waals surface area contributed by atoms with Gasteiger partial charge in [-0.15, -0.1) is 0 Å². The number of hydrogen-bond acceptors (Lipinski definition) is 4. The van der Waals surface area contributed by atoms with E-state index < -0.39 is 10.8 Å². The van der Waals surface area contributed by atoms with Gasteiger partial charge in [-0.1, -0.05) is 0 Å². The van der Waals surface area contributed by atoms with E-state index in [0.717, 1.165) is 24.7 Å². The fraction of sp³-hybridized carbons (Fsp3) is 0.706. The third-order valence-electron chi connectivity index (χ3n) is 3.15. The van der Waals surface area contributed by atoms with E-state index in [1.165, 1.54) is 0 Å². The van der Waals surface area contributed by atoms with Gasteiger partial charge in [-0.2, -0.15) is 0 Å². The maximum atomic E-state index is 12.0. The first-order valence-electron chi connectivity index (χ1n) is 8.44. The van der Waals surface area contributed by atoms with E-state index in [-0.39, 0.29) is 4.75 Å². The van der Waals surface area contributed by atoms with Gasteiger partial charge in [0.05, 0.1) is 6.26 Å². The first-order valence-corrected chi connectivity index (χ1v) is 9.76. The molecule has 1 atom stereocenters. The lowest BCUT2D eigenvalue weighted by Gasteiger charge is -2.18. The van der Waals surface area contributed by atoms with Crippen LogP contribution in [0, 0.1) is 0 Å². The molecule has 0 saturated carbocycles. The maximum Gasteiger partial charge on any atom is 0.191 e. The third kappa shape index (κ3) is 9.08. The summed E-state index contributed by atoms with van der Waals surface area (Å²) in [6, 6.07) is 3.75. The van der Waals surface area contributed by atoms with Gasteiger partial charge in [-0.3, -0.25) is 9.20 Å². The van der Waals surface area contributed by atoms with Crippen LogP contribution >= 0.6 is 0 Å². The zero-order valence-corrected chi connectivity index (χ0v) is 16.1. The molecule has 1 unspecified atom stereocenters. The summed E-state index contributed by atoms with van der Waals surface area (Å²) >= 11 is 0. The van der Waals surface area contributed by atoms with E-state index >= 15 is 0 Å². The quantitative estimate of drug-likeness (QED) is 0.382. The average molecular weight is 358 g/mol. The molecule has 0 aliphatic heterocycles. The summed E-state index contributed by atoms with van der Waals surface area (Å²) in [4.78, 5) is 4.50. The molecule has 1 rings (SSSR count). The fourth-order valence-electron chi connectivity index (χ4n) is 1.84. The highest BCUT2D eigenvalue weighted by molar-refractivity contribution is 7.86. The fourth-order valence-corrected chi connectivity index (χ4v) is 2.73. The van der Waals surface area contributed by atoms with Crippen molar-refractivity contribution in [3.05, 3.63) is 24.2 Å². The highest BCUT2D eigenvalue weighted by Crippen LogP contribution is 2.10. The normalized spacial score (nSPS) is 13.8. The molecule has 0 aliphatic rings. The van der Waals surface area contributed by atoms with Crippen LogP contribution in [0.3, 0.4) is 0 Å². The Hall–Kier alpha value is -1.34. The molecule has 24 heavy (non-hydrogen) atoms. The Morgan fingerprint density at radius 3 is 2.79 bits per heavy atom. The van der Waals surface area contributed by atoms with Crippen molar-refractivity contribution in [1.29, 1.82) is 0 Å². The summed E-state index contributed by atoms with van der Waals surface area (Å²) in [5.74, 6) is 2.20. The zero-order chi connectivity index (χ0) is 17.8. The van der Waals surface area contributed by atoms with Crippen molar-refractivity contribution in [3.8, 4) is 0 Å². The molecule has 0 saturated heterocycles. The highest BCUT2D eigenvalue weighted by atomic mass is 32.2. The van der Waals surface area contributed by atoms with Crippen molar-refractivity contribution in [3.63, 3.8) is 0 Å². The highest BCUT2D eigenvalue weighted by Gasteiger charge is 2.18. The first kappa shape index (κ1) is 20.7. The zero-order valence-electron chi connectivity index (χ0n) is 15.3. The van der Waals surface area contributed by atoms with Crippen LogP contribution in [0.1, 0.15) is 39.9 Å². The third-order valence-corrected chi connectivity index (χ3v) is 5.09. The molecule has 1 heterocycles. The molecule has 2 N–H and O–H groups in total. The number of rotatable bonds is 10. The van der Waals surface area contributed by atoms with E-state index in [9.17, 15) is 4.21 Å². The van der Waals surface area contributed by atoms with Gasteiger partial charge in [-0.05, 0) is 46.2 Å². The van der Waals surface area contributed by atoms with Crippen LogP contribution in [-0.4, -0.2) is 46.9 Å². The Kier molecular flexibility index (Phi) is 9.71. The molecule has 138 valence electrons. The molecule has 1 aromatic heterocycles. The Balaban J connectivity index is 2.20. The number of nitrogens with one attached hydrogen (secondary N) is 2. The van der Waals surface area contributed by atoms with Crippen LogP contribution in [0.25, 0.3) is 0 Å². The smallest absolute Gasteiger partial charge is 0.191 e. The number of nitrogens with zero attached hydrogens (tertiary/aromatic N) is 1. The minimum atomic E-state index is -0.857. The minimum Gasteiger partial charge on any atom is -0.467 e. The number of hydrogen-bond donors (Lipinski definition) is 2. The average Bonchev–Trinajstić information content (AvgIpc) is 3.02. The molecule has 0 spiro atoms. The molecule has 7 heteroatoms. The molecule has 1 aromatic rings. The Morgan fingerprint density at radius 1 is 1.38 bits per heavy atom. The predicted octanol–water partition coefficient (Wildman–Crippen LogP) is 2.29. The molecule has 0 radical (unpaired) electrons. The molecule has 0 aromatic carbocycles. The van der Waals surface area contributed by atoms with Crippen LogP contribution in [0.2, 0.25) is 0 Å². The molecule has 6 nitrogen and oxygen atoms in total. The second kappa shape index (κ2) is 11.3. The maximum absolute atomic E-state index is 12.0. The van der Waals surface area contributed by atoms with Gasteiger partial charge in [0.1, 0.15) is 12.4 Å². The summed E-state index contributed by atoms with van der Waals surface area (Å²) in [6.07, 6.45) is 2.48. The van der Waals surface area contributed by atoms with E-state index in [4.69, 9.17) is 9.15 Å². The lowest BCUT2D eigenvalue weighted by molar-refractivity contribution is 0.105. The minimum absolute atomic E-state index is 0.178. The van der Waals surface area contributed by atoms with Gasteiger partial charge >= 0.3 is 0 Å². The predicted molar refractivity (Wildman–Crippen MR) is 99.7 cm³/mol. The van der Waals surface area contributed by atoms with Gasteiger partial charge in [0, 0.05) is 47.5 Å². The summed E-state index contributed by atoms with van der Waals surface area (Å²) in [6.45, 7) is 11.2. The standard InChI is InChI=1S/C17H31N3O3S/c1-5-18-16(20-10-13-24(21)17(2,3)4)19-9-7-11-22-14-15-8-6-12-23-15/h6,8,12H,5,7,9-11,13-14H2,1-4H3,(H2,18,19,20). The summed E-state index contributed by atoms with van der Waals surface area (Å²) in [5, 5.41) is 6.42. The summed E-state index contributed by atoms with van der Waals surface area (Å²) in [5.41, 5.74) is 0. The van der Waals surface area contributed by atoms with Crippen LogP contribution in [0.4, 0.5) is 0 Å². The van der Waals surface area contributed by atoms with Crippen molar-refractivity contribution in [2.75, 3.05) is 32.0 Å². The van der Waals surface area contributed by atoms with Crippen molar-refractivity contribution in [2.45, 2.75) is 45.5 Å². The molecular weight excluding hydrogens is 326 g/mol. The largest absolute Gasteiger partial charge is 0.467 e. The lowest BCUT2D eigenvalue weighted by Crippen LogP contribution is -2.40. The van der Waals surface area contributed by atoms with Crippen LogP contribution in [-0.2, 0) is 22.1 Å². The summed E-state index contributed by atoms with van der Waals surface area (Å²) < 4.78 is 22.6.